The minimum atomic E-state index is -0.620. The number of ether oxygens (including phenoxy) is 1. The Morgan fingerprint density at radius 3 is 2.86 bits per heavy atom. The fourth-order valence-electron chi connectivity index (χ4n) is 2.29. The second-order valence-corrected chi connectivity index (χ2v) is 5.25. The van der Waals surface area contributed by atoms with Gasteiger partial charge in [0.05, 0.1) is 6.54 Å². The van der Waals surface area contributed by atoms with Gasteiger partial charge in [0.25, 0.3) is 0 Å². The maximum atomic E-state index is 11.4. The summed E-state index contributed by atoms with van der Waals surface area (Å²) in [5, 5.41) is 12.8. The molecule has 0 radical (unpaired) electrons. The van der Waals surface area contributed by atoms with Gasteiger partial charge in [0.2, 0.25) is 5.91 Å². The van der Waals surface area contributed by atoms with Crippen molar-refractivity contribution in [1.29, 1.82) is 0 Å². The number of rotatable bonds is 6. The first kappa shape index (κ1) is 15.8. The number of benzene rings is 1. The topological polar surface area (TPSA) is 87.8 Å². The molecular weight excluding hydrogens is 270 g/mol. The van der Waals surface area contributed by atoms with Gasteiger partial charge in [0.15, 0.2) is 0 Å². The number of aliphatic hydroxyl groups is 1. The number of nitrogens with two attached hydrogens (primary N) is 1. The lowest BCUT2D eigenvalue weighted by molar-refractivity contribution is -0.121. The Morgan fingerprint density at radius 2 is 2.14 bits per heavy atom. The highest BCUT2D eigenvalue weighted by atomic mass is 16.5. The van der Waals surface area contributed by atoms with Crippen molar-refractivity contribution < 1.29 is 14.6 Å². The van der Waals surface area contributed by atoms with Gasteiger partial charge in [0.1, 0.15) is 18.5 Å². The zero-order valence-corrected chi connectivity index (χ0v) is 12.1. The SMILES string of the molecule is NCc1ccc(OCC(O)CN2CCCNC(=O)C2)cc1. The number of aliphatic hydroxyl groups excluding tert-OH is 1. The molecule has 116 valence electrons. The van der Waals surface area contributed by atoms with Gasteiger partial charge >= 0.3 is 0 Å². The smallest absolute Gasteiger partial charge is 0.234 e. The molecule has 0 aromatic heterocycles. The van der Waals surface area contributed by atoms with Crippen molar-refractivity contribution in [2.24, 2.45) is 5.73 Å². The quantitative estimate of drug-likeness (QED) is 0.671. The van der Waals surface area contributed by atoms with E-state index in [0.717, 1.165) is 18.5 Å². The van der Waals surface area contributed by atoms with E-state index >= 15 is 0 Å². The molecule has 1 aromatic carbocycles. The van der Waals surface area contributed by atoms with Gasteiger partial charge < -0.3 is 20.9 Å². The lowest BCUT2D eigenvalue weighted by atomic mass is 10.2. The Bertz CT molecular complexity index is 450. The van der Waals surface area contributed by atoms with Crippen molar-refractivity contribution >= 4 is 5.91 Å². The zero-order valence-electron chi connectivity index (χ0n) is 12.1. The maximum absolute atomic E-state index is 11.4. The third kappa shape index (κ3) is 5.34. The molecule has 1 heterocycles. The first-order valence-electron chi connectivity index (χ1n) is 7.26. The molecule has 0 saturated carbocycles. The summed E-state index contributed by atoms with van der Waals surface area (Å²) in [5.41, 5.74) is 6.57. The van der Waals surface area contributed by atoms with Crippen molar-refractivity contribution in [2.45, 2.75) is 19.1 Å². The van der Waals surface area contributed by atoms with Crippen LogP contribution in [0.5, 0.6) is 5.75 Å². The first-order chi connectivity index (χ1) is 10.2. The average molecular weight is 293 g/mol. The number of hydrogen-bond donors (Lipinski definition) is 3. The molecule has 4 N–H and O–H groups in total. The fraction of sp³-hybridized carbons (Fsp3) is 0.533. The van der Waals surface area contributed by atoms with Crippen LogP contribution in [0.15, 0.2) is 24.3 Å². The Hall–Kier alpha value is -1.63. The second-order valence-electron chi connectivity index (χ2n) is 5.25. The van der Waals surface area contributed by atoms with E-state index in [-0.39, 0.29) is 12.5 Å². The second kappa shape index (κ2) is 7.97. The van der Waals surface area contributed by atoms with E-state index in [1.807, 2.05) is 29.2 Å². The van der Waals surface area contributed by atoms with Crippen molar-refractivity contribution in [2.75, 3.05) is 32.8 Å². The van der Waals surface area contributed by atoms with Crippen LogP contribution in [0.2, 0.25) is 0 Å². The van der Waals surface area contributed by atoms with Crippen LogP contribution < -0.4 is 15.8 Å². The van der Waals surface area contributed by atoms with Crippen molar-refractivity contribution in [3.63, 3.8) is 0 Å². The summed E-state index contributed by atoms with van der Waals surface area (Å²) in [6, 6.07) is 7.49. The number of carbonyl (C=O) groups is 1. The standard InChI is InChI=1S/C15H23N3O3/c16-8-12-2-4-14(5-3-12)21-11-13(19)9-18-7-1-6-17-15(20)10-18/h2-5,13,19H,1,6-11,16H2,(H,17,20). The fourth-order valence-corrected chi connectivity index (χ4v) is 2.29. The molecule has 1 unspecified atom stereocenters. The number of nitrogens with zero attached hydrogens (tertiary/aromatic N) is 1. The minimum Gasteiger partial charge on any atom is -0.491 e. The minimum absolute atomic E-state index is 0.0120. The maximum Gasteiger partial charge on any atom is 0.234 e. The molecule has 1 saturated heterocycles. The van der Waals surface area contributed by atoms with E-state index in [9.17, 15) is 9.90 Å². The van der Waals surface area contributed by atoms with E-state index in [2.05, 4.69) is 5.32 Å². The number of β-amino-alcohol motifs (C(OH)–C–C–N with tert-alkyl or cyclic N) is 1. The van der Waals surface area contributed by atoms with Gasteiger partial charge in [0, 0.05) is 26.2 Å². The number of carbonyl (C=O) groups excluding carboxylic acids is 1. The van der Waals surface area contributed by atoms with E-state index in [0.29, 0.717) is 31.9 Å². The van der Waals surface area contributed by atoms with Crippen LogP contribution in [0, 0.1) is 0 Å². The predicted octanol–water partition coefficient (Wildman–Crippen LogP) is -0.293. The molecule has 6 heteroatoms. The molecule has 0 spiro atoms. The average Bonchev–Trinajstić information content (AvgIpc) is 2.69. The van der Waals surface area contributed by atoms with Crippen LogP contribution in [0.3, 0.4) is 0 Å². The van der Waals surface area contributed by atoms with Crippen LogP contribution in [-0.2, 0) is 11.3 Å². The molecule has 1 amide bonds. The van der Waals surface area contributed by atoms with Crippen LogP contribution in [0.25, 0.3) is 0 Å². The van der Waals surface area contributed by atoms with Crippen LogP contribution >= 0.6 is 0 Å². The monoisotopic (exact) mass is 293 g/mol. The summed E-state index contributed by atoms with van der Waals surface area (Å²) in [6.07, 6.45) is 0.282. The highest BCUT2D eigenvalue weighted by molar-refractivity contribution is 5.78. The van der Waals surface area contributed by atoms with E-state index < -0.39 is 6.10 Å². The highest BCUT2D eigenvalue weighted by Crippen LogP contribution is 2.12. The molecule has 6 nitrogen and oxygen atoms in total. The zero-order chi connectivity index (χ0) is 15.1. The summed E-state index contributed by atoms with van der Waals surface area (Å²) >= 11 is 0. The summed E-state index contributed by atoms with van der Waals surface area (Å²) < 4.78 is 5.55. The lowest BCUT2D eigenvalue weighted by Crippen LogP contribution is -2.39. The van der Waals surface area contributed by atoms with Gasteiger partial charge in [-0.25, -0.2) is 0 Å². The third-order valence-corrected chi connectivity index (χ3v) is 3.41. The highest BCUT2D eigenvalue weighted by Gasteiger charge is 2.17. The van der Waals surface area contributed by atoms with Gasteiger partial charge in [-0.1, -0.05) is 12.1 Å². The summed E-state index contributed by atoms with van der Waals surface area (Å²) in [4.78, 5) is 13.4. The molecule has 1 fully saturated rings. The largest absolute Gasteiger partial charge is 0.491 e. The summed E-state index contributed by atoms with van der Waals surface area (Å²) in [5.74, 6) is 0.720. The van der Waals surface area contributed by atoms with Crippen molar-refractivity contribution in [1.82, 2.24) is 10.2 Å². The Kier molecular flexibility index (Phi) is 5.98. The van der Waals surface area contributed by atoms with E-state index in [1.165, 1.54) is 0 Å². The Labute approximate surface area is 124 Å². The summed E-state index contributed by atoms with van der Waals surface area (Å²) in [6.45, 7) is 2.99. The number of nitrogens with one attached hydrogen (secondary N) is 1. The molecule has 1 aliphatic rings. The Balaban J connectivity index is 1.75. The predicted molar refractivity (Wildman–Crippen MR) is 79.9 cm³/mol. The molecule has 1 aromatic rings. The Morgan fingerprint density at radius 1 is 1.38 bits per heavy atom. The lowest BCUT2D eigenvalue weighted by Gasteiger charge is -2.22. The van der Waals surface area contributed by atoms with Crippen LogP contribution in [0.1, 0.15) is 12.0 Å². The van der Waals surface area contributed by atoms with Crippen LogP contribution in [-0.4, -0.2) is 54.8 Å². The van der Waals surface area contributed by atoms with Crippen molar-refractivity contribution in [3.8, 4) is 5.75 Å². The van der Waals surface area contributed by atoms with E-state index in [4.69, 9.17) is 10.5 Å². The molecule has 0 bridgehead atoms. The van der Waals surface area contributed by atoms with Crippen LogP contribution in [0.4, 0.5) is 0 Å². The van der Waals surface area contributed by atoms with Gasteiger partial charge in [-0.05, 0) is 24.1 Å². The molecule has 1 aliphatic heterocycles. The molecule has 0 aliphatic carbocycles. The van der Waals surface area contributed by atoms with Crippen molar-refractivity contribution in [3.05, 3.63) is 29.8 Å². The number of amides is 1. The van der Waals surface area contributed by atoms with Gasteiger partial charge in [-0.15, -0.1) is 0 Å². The normalized spacial score (nSPS) is 17.9. The summed E-state index contributed by atoms with van der Waals surface area (Å²) in [7, 11) is 0. The molecule has 1 atom stereocenters. The van der Waals surface area contributed by atoms with E-state index in [1.54, 1.807) is 0 Å². The molecular formula is C15H23N3O3. The molecule has 2 rings (SSSR count). The third-order valence-electron chi connectivity index (χ3n) is 3.41. The first-order valence-corrected chi connectivity index (χ1v) is 7.26. The number of hydrogen-bond acceptors (Lipinski definition) is 5. The molecule has 21 heavy (non-hydrogen) atoms. The van der Waals surface area contributed by atoms with Gasteiger partial charge in [-0.2, -0.15) is 0 Å². The van der Waals surface area contributed by atoms with Gasteiger partial charge in [-0.3, -0.25) is 9.69 Å².